The van der Waals surface area contributed by atoms with Gasteiger partial charge in [0.05, 0.1) is 6.42 Å². The fourth-order valence-corrected chi connectivity index (χ4v) is 4.08. The molecule has 216 valence electrons. The third-order valence-electron chi connectivity index (χ3n) is 5.81. The molecule has 1 aromatic carbocycles. The molecule has 1 aromatic rings. The maximum atomic E-state index is 14.0. The molecule has 2 atom stereocenters. The van der Waals surface area contributed by atoms with Crippen LogP contribution < -0.4 is 16.4 Å². The monoisotopic (exact) mass is 542 g/mol. The third-order valence-corrected chi connectivity index (χ3v) is 5.81. The van der Waals surface area contributed by atoms with E-state index in [0.717, 1.165) is 32.1 Å². The van der Waals surface area contributed by atoms with Crippen molar-refractivity contribution >= 4 is 23.8 Å². The first-order chi connectivity index (χ1) is 18.3. The molecule has 0 saturated carbocycles. The molecular weight excluding hydrogens is 496 g/mol. The van der Waals surface area contributed by atoms with Crippen LogP contribution in [0.5, 0.6) is 0 Å². The molecule has 0 radical (unpaired) electrons. The van der Waals surface area contributed by atoms with Crippen LogP contribution >= 0.6 is 0 Å². The van der Waals surface area contributed by atoms with Crippen LogP contribution in [-0.2, 0) is 19.1 Å². The van der Waals surface area contributed by atoms with Crippen molar-refractivity contribution in [3.8, 4) is 12.3 Å². The number of hydrogen-bond donors (Lipinski definition) is 3. The Labute approximate surface area is 233 Å². The lowest BCUT2D eigenvalue weighted by atomic mass is 9.99. The number of alkyl carbamates (subject to hydrolysis) is 1. The molecule has 2 unspecified atom stereocenters. The van der Waals surface area contributed by atoms with Gasteiger partial charge in [-0.05, 0) is 58.7 Å². The van der Waals surface area contributed by atoms with Gasteiger partial charge in [0.15, 0.2) is 0 Å². The summed E-state index contributed by atoms with van der Waals surface area (Å²) in [5.74, 6) is 0.798. The molecule has 9 heteroatoms. The maximum Gasteiger partial charge on any atom is 0.408 e. The lowest BCUT2D eigenvalue weighted by molar-refractivity contribution is -0.143. The van der Waals surface area contributed by atoms with Crippen LogP contribution in [0.25, 0.3) is 0 Å². The van der Waals surface area contributed by atoms with E-state index in [0.29, 0.717) is 17.5 Å². The number of ether oxygens (including phenoxy) is 1. The summed E-state index contributed by atoms with van der Waals surface area (Å²) in [6.07, 6.45) is 10.0. The second-order valence-corrected chi connectivity index (χ2v) is 11.0. The summed E-state index contributed by atoms with van der Waals surface area (Å²) in [4.78, 5) is 53.5. The number of carbonyl (C=O) groups excluding carboxylic acids is 4. The highest BCUT2D eigenvalue weighted by Crippen LogP contribution is 2.25. The number of nitrogens with two attached hydrogens (primary N) is 1. The highest BCUT2D eigenvalue weighted by atomic mass is 16.6. The molecule has 0 aliphatic heterocycles. The van der Waals surface area contributed by atoms with Crippen LogP contribution in [0.2, 0.25) is 0 Å². The molecule has 0 bridgehead atoms. The minimum atomic E-state index is -1.31. The lowest BCUT2D eigenvalue weighted by Crippen LogP contribution is -2.54. The molecular formula is C30H46N4O5. The predicted molar refractivity (Wildman–Crippen MR) is 152 cm³/mol. The average molecular weight is 543 g/mol. The number of carbonyl (C=O) groups is 4. The zero-order valence-electron chi connectivity index (χ0n) is 24.3. The number of terminal acetylenes is 1. The van der Waals surface area contributed by atoms with Crippen molar-refractivity contribution in [1.29, 1.82) is 0 Å². The van der Waals surface area contributed by atoms with Gasteiger partial charge in [-0.1, -0.05) is 57.1 Å². The maximum absolute atomic E-state index is 14.0. The summed E-state index contributed by atoms with van der Waals surface area (Å²) in [7, 11) is 0. The summed E-state index contributed by atoms with van der Waals surface area (Å²) < 4.78 is 5.32. The number of primary amides is 1. The third kappa shape index (κ3) is 12.7. The van der Waals surface area contributed by atoms with E-state index in [2.05, 4.69) is 23.5 Å². The van der Waals surface area contributed by atoms with Crippen molar-refractivity contribution in [3.63, 3.8) is 0 Å². The van der Waals surface area contributed by atoms with Crippen molar-refractivity contribution < 1.29 is 23.9 Å². The molecule has 4 amide bonds. The van der Waals surface area contributed by atoms with Gasteiger partial charge < -0.3 is 26.0 Å². The Morgan fingerprint density at radius 1 is 1.00 bits per heavy atom. The number of rotatable bonds is 15. The smallest absolute Gasteiger partial charge is 0.408 e. The quantitative estimate of drug-likeness (QED) is 0.226. The summed E-state index contributed by atoms with van der Waals surface area (Å²) >= 11 is 0. The number of unbranched alkanes of at least 4 members (excludes halogenated alkanes) is 5. The second-order valence-electron chi connectivity index (χ2n) is 11.0. The Morgan fingerprint density at radius 2 is 1.59 bits per heavy atom. The highest BCUT2D eigenvalue weighted by molar-refractivity contribution is 5.94. The standard InChI is InChI=1S/C30H46N4O5/c1-8-10-11-12-13-14-19-34(28(37)24(20-25(31)35)33-29(38)39-30(5,6)7)26(27(36)32-21(3)4)23-17-15-22(9-2)16-18-23/h2,15-18,21,24,26H,8,10-14,19-20H2,1,3-7H3,(H2,31,35)(H,32,36)(H,33,38). The fraction of sp³-hybridized carbons (Fsp3) is 0.600. The van der Waals surface area contributed by atoms with Crippen molar-refractivity contribution in [2.45, 2.75) is 110 Å². The first-order valence-electron chi connectivity index (χ1n) is 13.7. The normalized spacial score (nSPS) is 12.7. The highest BCUT2D eigenvalue weighted by Gasteiger charge is 2.37. The van der Waals surface area contributed by atoms with E-state index in [9.17, 15) is 19.2 Å². The van der Waals surface area contributed by atoms with Crippen molar-refractivity contribution in [3.05, 3.63) is 35.4 Å². The van der Waals surface area contributed by atoms with Gasteiger partial charge >= 0.3 is 6.09 Å². The first kappa shape index (κ1) is 33.5. The Morgan fingerprint density at radius 3 is 2.10 bits per heavy atom. The van der Waals surface area contributed by atoms with Crippen LogP contribution in [0.3, 0.4) is 0 Å². The van der Waals surface area contributed by atoms with E-state index in [1.54, 1.807) is 45.0 Å². The molecule has 4 N–H and O–H groups in total. The SMILES string of the molecule is C#Cc1ccc(C(C(=O)NC(C)C)N(CCCCCCCC)C(=O)C(CC(N)=O)NC(=O)OC(C)(C)C)cc1. The van der Waals surface area contributed by atoms with E-state index in [4.69, 9.17) is 16.9 Å². The molecule has 39 heavy (non-hydrogen) atoms. The molecule has 0 heterocycles. The van der Waals surface area contributed by atoms with Gasteiger partial charge in [-0.2, -0.15) is 0 Å². The largest absolute Gasteiger partial charge is 0.444 e. The van der Waals surface area contributed by atoms with Gasteiger partial charge in [-0.15, -0.1) is 6.42 Å². The Hall–Kier alpha value is -3.54. The van der Waals surface area contributed by atoms with Gasteiger partial charge in [0, 0.05) is 18.2 Å². The van der Waals surface area contributed by atoms with Crippen LogP contribution in [0.1, 0.15) is 104 Å². The first-order valence-corrected chi connectivity index (χ1v) is 13.7. The summed E-state index contributed by atoms with van der Waals surface area (Å²) in [5, 5.41) is 5.39. The van der Waals surface area contributed by atoms with Crippen molar-refractivity contribution in [2.24, 2.45) is 5.73 Å². The molecule has 9 nitrogen and oxygen atoms in total. The lowest BCUT2D eigenvalue weighted by Gasteiger charge is -2.34. The number of benzene rings is 1. The zero-order valence-corrected chi connectivity index (χ0v) is 24.3. The predicted octanol–water partition coefficient (Wildman–Crippen LogP) is 4.19. The molecule has 0 spiro atoms. The van der Waals surface area contributed by atoms with Crippen LogP contribution in [0.4, 0.5) is 4.79 Å². The van der Waals surface area contributed by atoms with Crippen LogP contribution in [-0.4, -0.2) is 52.9 Å². The van der Waals surface area contributed by atoms with Crippen molar-refractivity contribution in [2.75, 3.05) is 6.54 Å². The van der Waals surface area contributed by atoms with Gasteiger partial charge in [-0.3, -0.25) is 14.4 Å². The molecule has 0 aromatic heterocycles. The van der Waals surface area contributed by atoms with E-state index >= 15 is 0 Å². The minimum Gasteiger partial charge on any atom is -0.444 e. The fourth-order valence-electron chi connectivity index (χ4n) is 4.08. The summed E-state index contributed by atoms with van der Waals surface area (Å²) in [6.45, 7) is 11.1. The number of hydrogen-bond acceptors (Lipinski definition) is 5. The van der Waals surface area contributed by atoms with E-state index in [1.807, 2.05) is 13.8 Å². The molecule has 0 aliphatic rings. The van der Waals surface area contributed by atoms with Gasteiger partial charge in [0.2, 0.25) is 17.7 Å². The number of amides is 4. The molecule has 1 rings (SSSR count). The Balaban J connectivity index is 3.46. The van der Waals surface area contributed by atoms with E-state index in [1.165, 1.54) is 4.90 Å². The molecule has 0 saturated heterocycles. The summed E-state index contributed by atoms with van der Waals surface area (Å²) in [6, 6.07) is 4.33. The number of nitrogens with one attached hydrogen (secondary N) is 2. The Kier molecular flexibility index (Phi) is 14.1. The average Bonchev–Trinajstić information content (AvgIpc) is 2.82. The van der Waals surface area contributed by atoms with E-state index < -0.39 is 42.0 Å². The van der Waals surface area contributed by atoms with E-state index in [-0.39, 0.29) is 18.5 Å². The minimum absolute atomic E-state index is 0.183. The van der Waals surface area contributed by atoms with Gasteiger partial charge in [-0.25, -0.2) is 4.79 Å². The molecule has 0 fully saturated rings. The van der Waals surface area contributed by atoms with Gasteiger partial charge in [0.1, 0.15) is 17.7 Å². The second kappa shape index (κ2) is 16.4. The topological polar surface area (TPSA) is 131 Å². The van der Waals surface area contributed by atoms with Crippen LogP contribution in [0, 0.1) is 12.3 Å². The number of nitrogens with zero attached hydrogens (tertiary/aromatic N) is 1. The molecule has 0 aliphatic carbocycles. The van der Waals surface area contributed by atoms with Gasteiger partial charge in [0.25, 0.3) is 0 Å². The summed E-state index contributed by atoms with van der Waals surface area (Å²) in [5.41, 5.74) is 5.82. The zero-order chi connectivity index (χ0) is 29.6. The van der Waals surface area contributed by atoms with Crippen molar-refractivity contribution in [1.82, 2.24) is 15.5 Å². The Bertz CT molecular complexity index is 992. The van der Waals surface area contributed by atoms with Crippen LogP contribution in [0.15, 0.2) is 24.3 Å².